The van der Waals surface area contributed by atoms with E-state index in [9.17, 15) is 14.4 Å². The molecule has 0 spiro atoms. The summed E-state index contributed by atoms with van der Waals surface area (Å²) < 4.78 is 16.9. The summed E-state index contributed by atoms with van der Waals surface area (Å²) in [5.41, 5.74) is 0. The number of hydrogen-bond acceptors (Lipinski definition) is 6. The van der Waals surface area contributed by atoms with E-state index in [0.29, 0.717) is 19.3 Å². The first-order chi connectivity index (χ1) is 38.0. The van der Waals surface area contributed by atoms with Crippen molar-refractivity contribution < 1.29 is 28.6 Å². The lowest BCUT2D eigenvalue weighted by Crippen LogP contribution is -2.30. The summed E-state index contributed by atoms with van der Waals surface area (Å²) in [6.45, 7) is 6.60. The predicted molar refractivity (Wildman–Crippen MR) is 335 cm³/mol. The fourth-order valence-electron chi connectivity index (χ4n) is 10.4. The monoisotopic (exact) mass is 1080 g/mol. The van der Waals surface area contributed by atoms with Gasteiger partial charge in [0.2, 0.25) is 0 Å². The quantitative estimate of drug-likeness (QED) is 0.0261. The van der Waals surface area contributed by atoms with E-state index < -0.39 is 6.10 Å². The van der Waals surface area contributed by atoms with Gasteiger partial charge in [-0.05, 0) is 70.6 Å². The molecule has 1 atom stereocenters. The molecule has 77 heavy (non-hydrogen) atoms. The molecule has 0 amide bonds. The van der Waals surface area contributed by atoms with Gasteiger partial charge in [-0.3, -0.25) is 14.4 Å². The Hall–Kier alpha value is -2.37. The van der Waals surface area contributed by atoms with Crippen LogP contribution in [0.1, 0.15) is 380 Å². The third-order valence-electron chi connectivity index (χ3n) is 15.6. The van der Waals surface area contributed by atoms with Crippen molar-refractivity contribution in [1.82, 2.24) is 0 Å². The van der Waals surface area contributed by atoms with Crippen molar-refractivity contribution in [2.75, 3.05) is 13.2 Å². The van der Waals surface area contributed by atoms with Gasteiger partial charge < -0.3 is 14.2 Å². The third-order valence-corrected chi connectivity index (χ3v) is 15.6. The van der Waals surface area contributed by atoms with E-state index in [1.807, 2.05) is 0 Å². The SMILES string of the molecule is CCC/C=C\CCCCCCCC(=O)OCC(COC(=O)CCCCCCCCCCCCCCCCCCCCCCCCCCCCCCCCCCC)OC(=O)CCCCCCC/C=C\C/C=C\CCCCCC. The van der Waals surface area contributed by atoms with E-state index in [4.69, 9.17) is 14.2 Å². The molecular formula is C71H132O6. The first-order valence-corrected chi connectivity index (χ1v) is 34.5. The fourth-order valence-corrected chi connectivity index (χ4v) is 10.4. The van der Waals surface area contributed by atoms with E-state index >= 15 is 0 Å². The first-order valence-electron chi connectivity index (χ1n) is 34.5. The molecule has 452 valence electrons. The van der Waals surface area contributed by atoms with Crippen molar-refractivity contribution in [2.24, 2.45) is 0 Å². The van der Waals surface area contributed by atoms with Crippen LogP contribution in [0.4, 0.5) is 0 Å². The molecule has 0 N–H and O–H groups in total. The van der Waals surface area contributed by atoms with Crippen molar-refractivity contribution in [3.05, 3.63) is 36.5 Å². The number of carbonyl (C=O) groups excluding carboxylic acids is 3. The number of esters is 3. The average Bonchev–Trinajstić information content (AvgIpc) is 3.43. The highest BCUT2D eigenvalue weighted by Crippen LogP contribution is 2.19. The maximum atomic E-state index is 12.9. The second-order valence-electron chi connectivity index (χ2n) is 23.4. The molecule has 0 aromatic heterocycles. The summed E-state index contributed by atoms with van der Waals surface area (Å²) in [6.07, 6.45) is 82.0. The van der Waals surface area contributed by atoms with E-state index in [1.165, 1.54) is 244 Å². The molecule has 1 unspecified atom stereocenters. The van der Waals surface area contributed by atoms with Gasteiger partial charge in [0, 0.05) is 19.3 Å². The van der Waals surface area contributed by atoms with Crippen LogP contribution in [0.15, 0.2) is 36.5 Å². The van der Waals surface area contributed by atoms with Gasteiger partial charge in [-0.2, -0.15) is 0 Å². The second kappa shape index (κ2) is 66.1. The maximum Gasteiger partial charge on any atom is 0.306 e. The molecule has 0 radical (unpaired) electrons. The van der Waals surface area contributed by atoms with Gasteiger partial charge in [-0.25, -0.2) is 0 Å². The topological polar surface area (TPSA) is 78.9 Å². The lowest BCUT2D eigenvalue weighted by atomic mass is 10.0. The Kier molecular flexibility index (Phi) is 64.1. The Bertz CT molecular complexity index is 1290. The zero-order valence-corrected chi connectivity index (χ0v) is 52.0. The minimum absolute atomic E-state index is 0.0769. The van der Waals surface area contributed by atoms with E-state index in [-0.39, 0.29) is 31.1 Å². The highest BCUT2D eigenvalue weighted by molar-refractivity contribution is 5.71. The third kappa shape index (κ3) is 64.3. The fraction of sp³-hybridized carbons (Fsp3) is 0.873. The van der Waals surface area contributed by atoms with Crippen LogP contribution in [-0.4, -0.2) is 37.2 Å². The highest BCUT2D eigenvalue weighted by atomic mass is 16.6. The van der Waals surface area contributed by atoms with Gasteiger partial charge in [0.25, 0.3) is 0 Å². The minimum Gasteiger partial charge on any atom is -0.462 e. The van der Waals surface area contributed by atoms with Crippen molar-refractivity contribution >= 4 is 17.9 Å². The zero-order valence-electron chi connectivity index (χ0n) is 52.0. The number of ether oxygens (including phenoxy) is 3. The van der Waals surface area contributed by atoms with Gasteiger partial charge in [-0.1, -0.05) is 327 Å². The van der Waals surface area contributed by atoms with Gasteiger partial charge in [0.05, 0.1) is 0 Å². The van der Waals surface area contributed by atoms with Crippen molar-refractivity contribution in [3.8, 4) is 0 Å². The lowest BCUT2D eigenvalue weighted by Gasteiger charge is -2.18. The molecule has 6 heteroatoms. The Morgan fingerprint density at radius 3 is 0.792 bits per heavy atom. The van der Waals surface area contributed by atoms with Crippen molar-refractivity contribution in [2.45, 2.75) is 386 Å². The zero-order chi connectivity index (χ0) is 55.7. The summed E-state index contributed by atoms with van der Waals surface area (Å²) in [5.74, 6) is -0.881. The van der Waals surface area contributed by atoms with Gasteiger partial charge >= 0.3 is 17.9 Å². The normalized spacial score (nSPS) is 12.2. The van der Waals surface area contributed by atoms with Gasteiger partial charge in [0.1, 0.15) is 13.2 Å². The maximum absolute atomic E-state index is 12.9. The molecule has 0 saturated carbocycles. The van der Waals surface area contributed by atoms with Crippen LogP contribution in [0.2, 0.25) is 0 Å². The standard InChI is InChI=1S/C71H132O6/c1-4-7-10-13-16-19-22-24-26-28-29-30-31-32-33-34-35-36-37-38-39-40-41-42-43-44-46-47-49-52-55-58-61-64-70(73)76-67-68(66-75-69(72)63-60-57-54-51-21-18-15-12-9-6-3)77-71(74)65-62-59-56-53-50-48-45-27-25-23-20-17-14-11-8-5-2/h12,15,20,23,27,45,68H,4-11,13-14,16-19,21-22,24-26,28-44,46-67H2,1-3H3/b15-12-,23-20-,45-27-. The molecule has 0 rings (SSSR count). The molecule has 0 bridgehead atoms. The van der Waals surface area contributed by atoms with Crippen LogP contribution in [0.3, 0.4) is 0 Å². The number of carbonyl (C=O) groups is 3. The van der Waals surface area contributed by atoms with Gasteiger partial charge in [-0.15, -0.1) is 0 Å². The smallest absolute Gasteiger partial charge is 0.306 e. The second-order valence-corrected chi connectivity index (χ2v) is 23.4. The summed E-state index contributed by atoms with van der Waals surface area (Å²) in [5, 5.41) is 0. The molecule has 0 aromatic carbocycles. The number of allylic oxidation sites excluding steroid dienone is 6. The van der Waals surface area contributed by atoms with Crippen LogP contribution < -0.4 is 0 Å². The number of unbranched alkanes of at least 4 members (excludes halogenated alkanes) is 47. The molecular weight excluding hydrogens is 949 g/mol. The van der Waals surface area contributed by atoms with E-state index in [1.54, 1.807) is 0 Å². The molecule has 6 nitrogen and oxygen atoms in total. The Labute approximate surface area is 480 Å². The van der Waals surface area contributed by atoms with Crippen molar-refractivity contribution in [3.63, 3.8) is 0 Å². The van der Waals surface area contributed by atoms with E-state index in [2.05, 4.69) is 57.2 Å². The van der Waals surface area contributed by atoms with Crippen LogP contribution in [0, 0.1) is 0 Å². The molecule has 0 aromatic rings. The average molecular weight is 1080 g/mol. The molecule has 0 aliphatic heterocycles. The molecule has 0 aliphatic carbocycles. The van der Waals surface area contributed by atoms with Crippen LogP contribution >= 0.6 is 0 Å². The van der Waals surface area contributed by atoms with Crippen LogP contribution in [-0.2, 0) is 28.6 Å². The molecule has 0 aliphatic rings. The van der Waals surface area contributed by atoms with Gasteiger partial charge in [0.15, 0.2) is 6.10 Å². The van der Waals surface area contributed by atoms with Crippen LogP contribution in [0.5, 0.6) is 0 Å². The van der Waals surface area contributed by atoms with Crippen molar-refractivity contribution in [1.29, 1.82) is 0 Å². The van der Waals surface area contributed by atoms with E-state index in [0.717, 1.165) is 96.3 Å². The number of rotatable bonds is 64. The Morgan fingerprint density at radius 1 is 0.260 bits per heavy atom. The largest absolute Gasteiger partial charge is 0.462 e. The summed E-state index contributed by atoms with van der Waals surface area (Å²) >= 11 is 0. The predicted octanol–water partition coefficient (Wildman–Crippen LogP) is 23.6. The highest BCUT2D eigenvalue weighted by Gasteiger charge is 2.19. The molecule has 0 fully saturated rings. The minimum atomic E-state index is -0.781. The Balaban J connectivity index is 4.03. The van der Waals surface area contributed by atoms with Crippen LogP contribution in [0.25, 0.3) is 0 Å². The number of hydrogen-bond donors (Lipinski definition) is 0. The Morgan fingerprint density at radius 2 is 0.494 bits per heavy atom. The first kappa shape index (κ1) is 74.6. The summed E-state index contributed by atoms with van der Waals surface area (Å²) in [7, 11) is 0. The molecule has 0 heterocycles. The molecule has 0 saturated heterocycles. The summed E-state index contributed by atoms with van der Waals surface area (Å²) in [4.78, 5) is 38.2. The summed E-state index contributed by atoms with van der Waals surface area (Å²) in [6, 6.07) is 0. The lowest BCUT2D eigenvalue weighted by molar-refractivity contribution is -0.167.